The average Bonchev–Trinajstić information content (AvgIpc) is 3.22. The molecule has 0 saturated carbocycles. The third kappa shape index (κ3) is 3.86. The molecular formula is C25H27BrN6. The quantitative estimate of drug-likeness (QED) is 0.407. The highest BCUT2D eigenvalue weighted by Gasteiger charge is 2.24. The van der Waals surface area contributed by atoms with Crippen molar-refractivity contribution in [1.82, 2.24) is 20.2 Å². The van der Waals surface area contributed by atoms with E-state index in [0.29, 0.717) is 5.65 Å². The van der Waals surface area contributed by atoms with E-state index in [1.54, 1.807) is 6.33 Å². The number of anilines is 2. The minimum absolute atomic E-state index is 0.694. The van der Waals surface area contributed by atoms with E-state index in [4.69, 9.17) is 0 Å². The molecule has 164 valence electrons. The summed E-state index contributed by atoms with van der Waals surface area (Å²) >= 11 is 3.56. The lowest BCUT2D eigenvalue weighted by atomic mass is 9.95. The summed E-state index contributed by atoms with van der Waals surface area (Å²) < 4.78 is 0.834. The van der Waals surface area contributed by atoms with Gasteiger partial charge in [0.05, 0.1) is 5.39 Å². The van der Waals surface area contributed by atoms with Crippen molar-refractivity contribution in [2.75, 3.05) is 36.0 Å². The van der Waals surface area contributed by atoms with Gasteiger partial charge in [0, 0.05) is 31.9 Å². The molecule has 0 atom stereocenters. The number of halogens is 1. The molecule has 1 aliphatic heterocycles. The van der Waals surface area contributed by atoms with E-state index in [1.807, 2.05) is 0 Å². The summed E-state index contributed by atoms with van der Waals surface area (Å²) in [6.45, 7) is 8.24. The third-order valence-electron chi connectivity index (χ3n) is 6.32. The van der Waals surface area contributed by atoms with E-state index in [2.05, 4.69) is 102 Å². The van der Waals surface area contributed by atoms with E-state index < -0.39 is 0 Å². The molecule has 0 aliphatic carbocycles. The molecule has 0 spiro atoms. The number of aromatic amines is 1. The van der Waals surface area contributed by atoms with Crippen LogP contribution in [0.3, 0.4) is 0 Å². The van der Waals surface area contributed by atoms with Crippen LogP contribution in [0, 0.1) is 6.92 Å². The molecule has 0 unspecified atom stereocenters. The van der Waals surface area contributed by atoms with Gasteiger partial charge < -0.3 is 9.80 Å². The molecular weight excluding hydrogens is 464 g/mol. The summed E-state index contributed by atoms with van der Waals surface area (Å²) in [5.74, 6) is 0.941. The maximum atomic E-state index is 4.58. The predicted molar refractivity (Wildman–Crippen MR) is 134 cm³/mol. The van der Waals surface area contributed by atoms with Gasteiger partial charge in [0.1, 0.15) is 16.7 Å². The highest BCUT2D eigenvalue weighted by Crippen LogP contribution is 2.34. The number of aromatic nitrogens is 4. The maximum Gasteiger partial charge on any atom is 0.187 e. The largest absolute Gasteiger partial charge is 0.368 e. The summed E-state index contributed by atoms with van der Waals surface area (Å²) in [4.78, 5) is 13.7. The van der Waals surface area contributed by atoms with Gasteiger partial charge in [0.25, 0.3) is 0 Å². The normalized spacial score (nSPS) is 14.3. The molecule has 2 aromatic carbocycles. The van der Waals surface area contributed by atoms with E-state index in [1.165, 1.54) is 27.9 Å². The number of aryl methyl sites for hydroxylation is 1. The van der Waals surface area contributed by atoms with Crippen molar-refractivity contribution in [3.05, 3.63) is 64.5 Å². The number of piperazine rings is 1. The highest BCUT2D eigenvalue weighted by molar-refractivity contribution is 9.10. The summed E-state index contributed by atoms with van der Waals surface area (Å²) in [5, 5.41) is 8.17. The summed E-state index contributed by atoms with van der Waals surface area (Å²) in [5.41, 5.74) is 7.48. The van der Waals surface area contributed by atoms with Crippen molar-refractivity contribution in [1.29, 1.82) is 0 Å². The first-order valence-electron chi connectivity index (χ1n) is 11.2. The smallest absolute Gasteiger partial charge is 0.187 e. The van der Waals surface area contributed by atoms with Crippen molar-refractivity contribution in [2.24, 2.45) is 0 Å². The molecule has 1 N–H and O–H groups in total. The molecule has 3 heterocycles. The highest BCUT2D eigenvalue weighted by atomic mass is 79.9. The number of H-pyrrole nitrogens is 1. The standard InChI is InChI=1S/C25H27BrN6/c1-3-7-19-14-20(18-8-5-4-6-9-18)15-21(17(19)2)31-10-12-32(13-11-31)25-22-23(26)29-30-24(22)27-16-28-25/h4-6,8-9,14-16H,3,7,10-13H2,1-2H3,(H,27,28,29,30). The third-order valence-corrected chi connectivity index (χ3v) is 6.89. The Morgan fingerprint density at radius 1 is 0.969 bits per heavy atom. The van der Waals surface area contributed by atoms with E-state index >= 15 is 0 Å². The molecule has 1 aliphatic rings. The van der Waals surface area contributed by atoms with Gasteiger partial charge in [-0.25, -0.2) is 9.97 Å². The van der Waals surface area contributed by atoms with Crippen LogP contribution in [0.1, 0.15) is 24.5 Å². The van der Waals surface area contributed by atoms with E-state index in [-0.39, 0.29) is 0 Å². The minimum atomic E-state index is 0.694. The Kier molecular flexibility index (Phi) is 5.83. The Bertz CT molecular complexity index is 1230. The van der Waals surface area contributed by atoms with Crippen LogP contribution in [0.2, 0.25) is 0 Å². The van der Waals surface area contributed by atoms with Crippen LogP contribution in [0.25, 0.3) is 22.2 Å². The van der Waals surface area contributed by atoms with Crippen LogP contribution in [-0.4, -0.2) is 46.3 Å². The van der Waals surface area contributed by atoms with Crippen molar-refractivity contribution in [3.8, 4) is 11.1 Å². The summed E-state index contributed by atoms with van der Waals surface area (Å²) in [7, 11) is 0. The van der Waals surface area contributed by atoms with Crippen LogP contribution in [0.15, 0.2) is 53.4 Å². The fraction of sp³-hybridized carbons (Fsp3) is 0.320. The first-order valence-corrected chi connectivity index (χ1v) is 12.0. The molecule has 7 heteroatoms. The fourth-order valence-corrected chi connectivity index (χ4v) is 5.06. The average molecular weight is 491 g/mol. The lowest BCUT2D eigenvalue weighted by Gasteiger charge is -2.38. The SMILES string of the molecule is CCCc1cc(-c2ccccc2)cc(N2CCN(c3ncnc4n[nH]c(Br)c34)CC2)c1C. The molecule has 0 radical (unpaired) electrons. The Hall–Kier alpha value is -2.93. The van der Waals surface area contributed by atoms with Gasteiger partial charge >= 0.3 is 0 Å². The molecule has 1 saturated heterocycles. The van der Waals surface area contributed by atoms with Gasteiger partial charge in [-0.3, -0.25) is 5.10 Å². The molecule has 6 nitrogen and oxygen atoms in total. The van der Waals surface area contributed by atoms with Gasteiger partial charge in [-0.1, -0.05) is 49.7 Å². The minimum Gasteiger partial charge on any atom is -0.368 e. The zero-order chi connectivity index (χ0) is 22.1. The molecule has 4 aromatic rings. The van der Waals surface area contributed by atoms with Crippen molar-refractivity contribution < 1.29 is 0 Å². The van der Waals surface area contributed by atoms with Crippen molar-refractivity contribution >= 4 is 38.5 Å². The lowest BCUT2D eigenvalue weighted by Crippen LogP contribution is -2.47. The van der Waals surface area contributed by atoms with Gasteiger partial charge in [0.2, 0.25) is 0 Å². The van der Waals surface area contributed by atoms with Crippen LogP contribution in [0.4, 0.5) is 11.5 Å². The Morgan fingerprint density at radius 2 is 1.72 bits per heavy atom. The second kappa shape index (κ2) is 8.90. The number of hydrogen-bond donors (Lipinski definition) is 1. The molecule has 1 fully saturated rings. The second-order valence-electron chi connectivity index (χ2n) is 8.30. The second-order valence-corrected chi connectivity index (χ2v) is 9.10. The Balaban J connectivity index is 1.44. The molecule has 2 aromatic heterocycles. The van der Waals surface area contributed by atoms with Gasteiger partial charge in [0.15, 0.2) is 5.65 Å². The molecule has 5 rings (SSSR count). The first kappa shape index (κ1) is 20.9. The number of benzene rings is 2. The lowest BCUT2D eigenvalue weighted by molar-refractivity contribution is 0.647. The number of hydrogen-bond acceptors (Lipinski definition) is 5. The zero-order valence-corrected chi connectivity index (χ0v) is 20.1. The van der Waals surface area contributed by atoms with Crippen molar-refractivity contribution in [3.63, 3.8) is 0 Å². The van der Waals surface area contributed by atoms with E-state index in [9.17, 15) is 0 Å². The monoisotopic (exact) mass is 490 g/mol. The van der Waals surface area contributed by atoms with E-state index in [0.717, 1.165) is 54.8 Å². The zero-order valence-electron chi connectivity index (χ0n) is 18.5. The number of nitrogens with one attached hydrogen (secondary N) is 1. The van der Waals surface area contributed by atoms with Crippen LogP contribution >= 0.6 is 15.9 Å². The van der Waals surface area contributed by atoms with Crippen LogP contribution in [0.5, 0.6) is 0 Å². The number of rotatable bonds is 5. The summed E-state index contributed by atoms with van der Waals surface area (Å²) in [6, 6.07) is 15.5. The number of nitrogens with zero attached hydrogens (tertiary/aromatic N) is 5. The Morgan fingerprint density at radius 3 is 2.47 bits per heavy atom. The van der Waals surface area contributed by atoms with Crippen LogP contribution in [-0.2, 0) is 6.42 Å². The number of fused-ring (bicyclic) bond motifs is 1. The van der Waals surface area contributed by atoms with Gasteiger partial charge in [-0.15, -0.1) is 0 Å². The maximum absolute atomic E-state index is 4.58. The van der Waals surface area contributed by atoms with Gasteiger partial charge in [-0.2, -0.15) is 5.10 Å². The van der Waals surface area contributed by atoms with Gasteiger partial charge in [-0.05, 0) is 57.6 Å². The summed E-state index contributed by atoms with van der Waals surface area (Å²) in [6.07, 6.45) is 3.85. The molecule has 0 bridgehead atoms. The van der Waals surface area contributed by atoms with Crippen LogP contribution < -0.4 is 9.80 Å². The predicted octanol–water partition coefficient (Wildman–Crippen LogP) is 5.37. The fourth-order valence-electron chi connectivity index (χ4n) is 4.62. The topological polar surface area (TPSA) is 60.9 Å². The first-order chi connectivity index (χ1) is 15.7. The Labute approximate surface area is 196 Å². The molecule has 0 amide bonds. The van der Waals surface area contributed by atoms with Crippen molar-refractivity contribution in [2.45, 2.75) is 26.7 Å². The molecule has 32 heavy (non-hydrogen) atoms.